The Labute approximate surface area is 126 Å². The highest BCUT2D eigenvalue weighted by Gasteiger charge is 2.49. The molecule has 0 radical (unpaired) electrons. The first kappa shape index (κ1) is 14.2. The molecule has 1 aliphatic carbocycles. The monoisotopic (exact) mass is 284 g/mol. The molecule has 0 spiro atoms. The SMILES string of the molecule is Cc1cc(F)cc2c1-c1c(ccc[n+]1C)C(C)(C)C2(C)C. The highest BCUT2D eigenvalue weighted by molar-refractivity contribution is 5.75. The average Bonchev–Trinajstić information content (AvgIpc) is 2.37. The van der Waals surface area contributed by atoms with Gasteiger partial charge in [0.2, 0.25) is 5.69 Å². The summed E-state index contributed by atoms with van der Waals surface area (Å²) >= 11 is 0. The lowest BCUT2D eigenvalue weighted by molar-refractivity contribution is -0.661. The maximum absolute atomic E-state index is 14.0. The summed E-state index contributed by atoms with van der Waals surface area (Å²) in [6.45, 7) is 11.0. The van der Waals surface area contributed by atoms with E-state index >= 15 is 0 Å². The smallest absolute Gasteiger partial charge is 0.207 e. The Bertz CT molecular complexity index is 741. The summed E-state index contributed by atoms with van der Waals surface area (Å²) in [6.07, 6.45) is 2.07. The van der Waals surface area contributed by atoms with Gasteiger partial charge in [-0.1, -0.05) is 27.7 Å². The van der Waals surface area contributed by atoms with Gasteiger partial charge < -0.3 is 0 Å². The number of aromatic nitrogens is 1. The third-order valence-electron chi connectivity index (χ3n) is 5.63. The number of hydrogen-bond donors (Lipinski definition) is 0. The standard InChI is InChI=1S/C19H23FN/c1-12-10-13(20)11-15-16(12)17-14(8-7-9-21(17)6)18(2,3)19(15,4)5/h7-11H,1-6H3/q+1. The second kappa shape index (κ2) is 4.16. The van der Waals surface area contributed by atoms with Crippen LogP contribution in [0.1, 0.15) is 44.4 Å². The Balaban J connectivity index is 2.53. The summed E-state index contributed by atoms with van der Waals surface area (Å²) in [5.74, 6) is -0.142. The van der Waals surface area contributed by atoms with Gasteiger partial charge in [-0.3, -0.25) is 0 Å². The van der Waals surface area contributed by atoms with Gasteiger partial charge in [0.05, 0.1) is 5.56 Å². The van der Waals surface area contributed by atoms with E-state index in [1.807, 2.05) is 6.92 Å². The summed E-state index contributed by atoms with van der Waals surface area (Å²) in [5, 5.41) is 0. The second-order valence-electron chi connectivity index (χ2n) is 7.28. The molecule has 0 atom stereocenters. The lowest BCUT2D eigenvalue weighted by Crippen LogP contribution is -2.48. The molecule has 0 bridgehead atoms. The molecule has 0 aliphatic heterocycles. The molecule has 0 saturated heterocycles. The number of hydrogen-bond acceptors (Lipinski definition) is 0. The van der Waals surface area contributed by atoms with Crippen molar-refractivity contribution in [1.82, 2.24) is 0 Å². The Morgan fingerprint density at radius 3 is 2.29 bits per heavy atom. The number of pyridine rings is 1. The predicted octanol–water partition coefficient (Wildman–Crippen LogP) is 4.19. The zero-order valence-corrected chi connectivity index (χ0v) is 13.7. The van der Waals surface area contributed by atoms with Crippen LogP contribution in [-0.4, -0.2) is 0 Å². The molecule has 2 aromatic rings. The number of benzene rings is 1. The predicted molar refractivity (Wildman–Crippen MR) is 83.8 cm³/mol. The first-order valence-electron chi connectivity index (χ1n) is 7.48. The Morgan fingerprint density at radius 1 is 1.00 bits per heavy atom. The van der Waals surface area contributed by atoms with Gasteiger partial charge in [-0.25, -0.2) is 8.96 Å². The minimum absolute atomic E-state index is 0.0609. The van der Waals surface area contributed by atoms with Crippen LogP contribution in [0.15, 0.2) is 30.5 Å². The van der Waals surface area contributed by atoms with E-state index in [4.69, 9.17) is 0 Å². The fourth-order valence-electron chi connectivity index (χ4n) is 3.65. The molecule has 2 heteroatoms. The van der Waals surface area contributed by atoms with Crippen LogP contribution in [-0.2, 0) is 17.9 Å². The van der Waals surface area contributed by atoms with E-state index in [0.717, 1.165) is 11.1 Å². The maximum atomic E-state index is 14.0. The number of halogens is 1. The molecule has 0 fully saturated rings. The largest absolute Gasteiger partial charge is 0.216 e. The summed E-state index contributed by atoms with van der Waals surface area (Å²) in [6, 6.07) is 7.67. The third-order valence-corrected chi connectivity index (χ3v) is 5.63. The van der Waals surface area contributed by atoms with Crippen LogP contribution in [0, 0.1) is 12.7 Å². The van der Waals surface area contributed by atoms with Crippen molar-refractivity contribution in [1.29, 1.82) is 0 Å². The van der Waals surface area contributed by atoms with Crippen molar-refractivity contribution in [3.8, 4) is 11.3 Å². The normalized spacial score (nSPS) is 18.0. The van der Waals surface area contributed by atoms with E-state index in [2.05, 4.69) is 57.6 Å². The minimum atomic E-state index is -0.142. The number of rotatable bonds is 0. The minimum Gasteiger partial charge on any atom is -0.207 e. The molecule has 0 N–H and O–H groups in total. The number of fused-ring (bicyclic) bond motifs is 3. The van der Waals surface area contributed by atoms with E-state index in [9.17, 15) is 4.39 Å². The zero-order chi connectivity index (χ0) is 15.6. The molecule has 0 unspecified atom stereocenters. The van der Waals surface area contributed by atoms with Crippen molar-refractivity contribution in [2.75, 3.05) is 0 Å². The van der Waals surface area contributed by atoms with Gasteiger partial charge in [-0.15, -0.1) is 0 Å². The van der Waals surface area contributed by atoms with E-state index in [1.165, 1.54) is 16.8 Å². The Morgan fingerprint density at radius 2 is 1.62 bits per heavy atom. The topological polar surface area (TPSA) is 3.88 Å². The summed E-state index contributed by atoms with van der Waals surface area (Å²) in [7, 11) is 2.07. The molecular weight excluding hydrogens is 261 g/mol. The fourth-order valence-corrected chi connectivity index (χ4v) is 3.65. The summed E-state index contributed by atoms with van der Waals surface area (Å²) < 4.78 is 16.2. The van der Waals surface area contributed by atoms with Crippen LogP contribution in [0.2, 0.25) is 0 Å². The van der Waals surface area contributed by atoms with E-state index in [1.54, 1.807) is 12.1 Å². The van der Waals surface area contributed by atoms with Crippen LogP contribution < -0.4 is 4.57 Å². The molecule has 110 valence electrons. The van der Waals surface area contributed by atoms with E-state index < -0.39 is 0 Å². The first-order chi connectivity index (χ1) is 9.68. The van der Waals surface area contributed by atoms with Crippen LogP contribution in [0.3, 0.4) is 0 Å². The fraction of sp³-hybridized carbons (Fsp3) is 0.421. The Hall–Kier alpha value is -1.70. The van der Waals surface area contributed by atoms with Gasteiger partial charge in [0.1, 0.15) is 12.9 Å². The van der Waals surface area contributed by atoms with Crippen molar-refractivity contribution in [2.45, 2.75) is 45.4 Å². The van der Waals surface area contributed by atoms with Crippen molar-refractivity contribution in [3.63, 3.8) is 0 Å². The van der Waals surface area contributed by atoms with Crippen molar-refractivity contribution < 1.29 is 8.96 Å². The maximum Gasteiger partial charge on any atom is 0.216 e. The first-order valence-corrected chi connectivity index (χ1v) is 7.48. The number of nitrogens with zero attached hydrogens (tertiary/aromatic N) is 1. The van der Waals surface area contributed by atoms with Crippen LogP contribution in [0.4, 0.5) is 4.39 Å². The number of aryl methyl sites for hydroxylation is 2. The average molecular weight is 284 g/mol. The quantitative estimate of drug-likeness (QED) is 0.639. The van der Waals surface area contributed by atoms with Gasteiger partial charge in [-0.2, -0.15) is 0 Å². The highest BCUT2D eigenvalue weighted by atomic mass is 19.1. The molecule has 3 rings (SSSR count). The van der Waals surface area contributed by atoms with Gasteiger partial charge in [-0.05, 0) is 36.2 Å². The van der Waals surface area contributed by atoms with E-state index in [0.29, 0.717) is 0 Å². The summed E-state index contributed by atoms with van der Waals surface area (Å²) in [5.41, 5.74) is 5.68. The highest BCUT2D eigenvalue weighted by Crippen LogP contribution is 2.53. The molecule has 1 aromatic carbocycles. The van der Waals surface area contributed by atoms with Crippen molar-refractivity contribution >= 4 is 0 Å². The molecule has 0 saturated carbocycles. The van der Waals surface area contributed by atoms with Crippen molar-refractivity contribution in [2.24, 2.45) is 7.05 Å². The molecular formula is C19H23FN+. The second-order valence-corrected chi connectivity index (χ2v) is 7.28. The lowest BCUT2D eigenvalue weighted by atomic mass is 9.56. The third kappa shape index (κ3) is 1.71. The molecule has 1 heterocycles. The van der Waals surface area contributed by atoms with Gasteiger partial charge in [0.15, 0.2) is 6.20 Å². The van der Waals surface area contributed by atoms with Gasteiger partial charge in [0, 0.05) is 22.5 Å². The molecule has 0 amide bonds. The lowest BCUT2D eigenvalue weighted by Gasteiger charge is -2.46. The van der Waals surface area contributed by atoms with Gasteiger partial charge >= 0.3 is 0 Å². The molecule has 1 aromatic heterocycles. The molecule has 1 nitrogen and oxygen atoms in total. The van der Waals surface area contributed by atoms with Gasteiger partial charge in [0.25, 0.3) is 0 Å². The van der Waals surface area contributed by atoms with E-state index in [-0.39, 0.29) is 16.6 Å². The van der Waals surface area contributed by atoms with Crippen molar-refractivity contribution in [3.05, 3.63) is 53.0 Å². The van der Waals surface area contributed by atoms with Crippen LogP contribution >= 0.6 is 0 Å². The molecule has 1 aliphatic rings. The zero-order valence-electron chi connectivity index (χ0n) is 13.7. The molecule has 21 heavy (non-hydrogen) atoms. The van der Waals surface area contributed by atoms with Crippen LogP contribution in [0.5, 0.6) is 0 Å². The van der Waals surface area contributed by atoms with Crippen LogP contribution in [0.25, 0.3) is 11.3 Å². The Kier molecular flexibility index (Phi) is 2.82. The summed E-state index contributed by atoms with van der Waals surface area (Å²) in [4.78, 5) is 0.